The Morgan fingerprint density at radius 2 is 1.56 bits per heavy atom. The average Bonchev–Trinajstić information content (AvgIpc) is 2.37. The highest BCUT2D eigenvalue weighted by molar-refractivity contribution is 14.1. The van der Waals surface area contributed by atoms with E-state index in [-0.39, 0.29) is 0 Å². The SMILES string of the molecule is CC(C)[C@H](OC(=O)[C@@](C)(I)C1(C)NCN1)C(O)(C(F)(F)F)C(F)(F)F. The summed E-state index contributed by atoms with van der Waals surface area (Å²) in [6.07, 6.45) is -15.0. The minimum absolute atomic E-state index is 0.311. The Labute approximate surface area is 154 Å². The lowest BCUT2D eigenvalue weighted by atomic mass is 9.86. The van der Waals surface area contributed by atoms with Crippen molar-refractivity contribution in [3.63, 3.8) is 0 Å². The summed E-state index contributed by atoms with van der Waals surface area (Å²) in [5.74, 6) is -2.78. The minimum atomic E-state index is -6.08. The van der Waals surface area contributed by atoms with Gasteiger partial charge in [0.15, 0.2) is 6.10 Å². The quantitative estimate of drug-likeness (QED) is 0.238. The molecule has 1 saturated heterocycles. The van der Waals surface area contributed by atoms with Gasteiger partial charge in [-0.3, -0.25) is 15.4 Å². The first-order valence-electron chi connectivity index (χ1n) is 7.17. The fourth-order valence-corrected chi connectivity index (χ4v) is 2.81. The van der Waals surface area contributed by atoms with E-state index in [1.54, 1.807) is 22.6 Å². The Bertz CT molecular complexity index is 503. The van der Waals surface area contributed by atoms with E-state index in [0.717, 1.165) is 13.8 Å². The highest BCUT2D eigenvalue weighted by atomic mass is 127. The number of alkyl halides is 7. The van der Waals surface area contributed by atoms with Crippen LogP contribution < -0.4 is 10.6 Å². The van der Waals surface area contributed by atoms with Crippen molar-refractivity contribution in [1.29, 1.82) is 0 Å². The first-order chi connectivity index (χ1) is 10.9. The van der Waals surface area contributed by atoms with Gasteiger partial charge in [0.05, 0.1) is 5.66 Å². The van der Waals surface area contributed by atoms with Crippen LogP contribution in [0.25, 0.3) is 0 Å². The molecule has 3 N–H and O–H groups in total. The van der Waals surface area contributed by atoms with Gasteiger partial charge in [-0.15, -0.1) is 0 Å². The Hall–Kier alpha value is -0.340. The standard InChI is InChI=1S/C13H19F6IN2O3/c1-6(2)7(11(24,12(14,15)16)13(17,18)19)25-8(23)9(3,20)10(4)21-5-22-10/h6-7,21-22,24H,5H2,1-4H3/t7-,9+/m0/s1. The zero-order chi connectivity index (χ0) is 20.1. The molecule has 0 unspecified atom stereocenters. The van der Waals surface area contributed by atoms with Crippen molar-refractivity contribution in [2.75, 3.05) is 6.67 Å². The predicted octanol–water partition coefficient (Wildman–Crippen LogP) is 2.47. The Morgan fingerprint density at radius 1 is 1.16 bits per heavy atom. The number of ether oxygens (including phenoxy) is 1. The van der Waals surface area contributed by atoms with Gasteiger partial charge in [-0.05, 0) is 19.8 Å². The van der Waals surface area contributed by atoms with Crippen LogP contribution in [0.4, 0.5) is 26.3 Å². The number of halogens is 7. The van der Waals surface area contributed by atoms with Gasteiger partial charge in [-0.2, -0.15) is 26.3 Å². The zero-order valence-electron chi connectivity index (χ0n) is 13.8. The van der Waals surface area contributed by atoms with Gasteiger partial charge in [0, 0.05) is 6.67 Å². The summed E-state index contributed by atoms with van der Waals surface area (Å²) in [7, 11) is 0. The molecule has 0 amide bonds. The van der Waals surface area contributed by atoms with E-state index >= 15 is 0 Å². The molecule has 1 rings (SSSR count). The van der Waals surface area contributed by atoms with Gasteiger partial charge in [0.1, 0.15) is 3.42 Å². The van der Waals surface area contributed by atoms with Crippen molar-refractivity contribution in [3.05, 3.63) is 0 Å². The van der Waals surface area contributed by atoms with Crippen LogP contribution in [0.1, 0.15) is 27.7 Å². The molecule has 1 fully saturated rings. The van der Waals surface area contributed by atoms with E-state index in [1.165, 1.54) is 13.8 Å². The Balaban J connectivity index is 3.26. The number of esters is 1. The lowest BCUT2D eigenvalue weighted by Gasteiger charge is -2.50. The molecule has 148 valence electrons. The van der Waals surface area contributed by atoms with Crippen molar-refractivity contribution in [3.8, 4) is 0 Å². The number of hydrogen-bond donors (Lipinski definition) is 3. The van der Waals surface area contributed by atoms with E-state index in [9.17, 15) is 36.2 Å². The smallest absolute Gasteiger partial charge is 0.430 e. The molecule has 2 atom stereocenters. The van der Waals surface area contributed by atoms with Gasteiger partial charge in [-0.1, -0.05) is 36.4 Å². The second-order valence-corrected chi connectivity index (χ2v) is 8.65. The van der Waals surface area contributed by atoms with Crippen molar-refractivity contribution < 1.29 is 41.0 Å². The largest absolute Gasteiger partial charge is 0.457 e. The summed E-state index contributed by atoms with van der Waals surface area (Å²) in [5.41, 5.74) is -6.27. The van der Waals surface area contributed by atoms with Gasteiger partial charge in [0.2, 0.25) is 0 Å². The number of nitrogens with one attached hydrogen (secondary N) is 2. The number of hydrogen-bond acceptors (Lipinski definition) is 5. The maximum absolute atomic E-state index is 13.1. The van der Waals surface area contributed by atoms with Crippen molar-refractivity contribution >= 4 is 28.6 Å². The third kappa shape index (κ3) is 3.72. The Morgan fingerprint density at radius 3 is 1.80 bits per heavy atom. The van der Waals surface area contributed by atoms with Gasteiger partial charge in [0.25, 0.3) is 5.60 Å². The number of carbonyl (C=O) groups is 1. The van der Waals surface area contributed by atoms with E-state index in [1.807, 2.05) is 0 Å². The number of aliphatic hydroxyl groups is 1. The maximum atomic E-state index is 13.1. The lowest BCUT2D eigenvalue weighted by molar-refractivity contribution is -0.395. The normalized spacial score (nSPS) is 22.1. The van der Waals surface area contributed by atoms with Crippen molar-refractivity contribution in [1.82, 2.24) is 10.6 Å². The second kappa shape index (κ2) is 6.68. The van der Waals surface area contributed by atoms with Gasteiger partial charge in [-0.25, -0.2) is 0 Å². The summed E-state index contributed by atoms with van der Waals surface area (Å²) >= 11 is 1.58. The molecule has 5 nitrogen and oxygen atoms in total. The van der Waals surface area contributed by atoms with E-state index < -0.39 is 45.0 Å². The van der Waals surface area contributed by atoms with E-state index in [0.29, 0.717) is 6.67 Å². The third-order valence-electron chi connectivity index (χ3n) is 4.32. The fraction of sp³-hybridized carbons (Fsp3) is 0.923. The molecule has 0 aromatic rings. The molecule has 0 aliphatic carbocycles. The molecule has 0 saturated carbocycles. The number of carbonyl (C=O) groups excluding carboxylic acids is 1. The molecule has 25 heavy (non-hydrogen) atoms. The molecular weight excluding hydrogens is 473 g/mol. The van der Waals surface area contributed by atoms with Gasteiger partial charge < -0.3 is 9.84 Å². The minimum Gasteiger partial charge on any atom is -0.457 e. The summed E-state index contributed by atoms with van der Waals surface area (Å²) in [4.78, 5) is 12.4. The van der Waals surface area contributed by atoms with Crippen LogP contribution in [0, 0.1) is 5.92 Å². The van der Waals surface area contributed by atoms with Gasteiger partial charge >= 0.3 is 18.3 Å². The molecule has 0 radical (unpaired) electrons. The monoisotopic (exact) mass is 492 g/mol. The summed E-state index contributed by atoms with van der Waals surface area (Å²) in [5, 5.41) is 15.2. The van der Waals surface area contributed by atoms with Crippen LogP contribution in [-0.4, -0.2) is 50.9 Å². The topological polar surface area (TPSA) is 70.6 Å². The van der Waals surface area contributed by atoms with Crippen LogP contribution in [0.2, 0.25) is 0 Å². The van der Waals surface area contributed by atoms with Crippen LogP contribution in [-0.2, 0) is 9.53 Å². The predicted molar refractivity (Wildman–Crippen MR) is 83.7 cm³/mol. The highest BCUT2D eigenvalue weighted by Crippen LogP contribution is 2.48. The number of rotatable bonds is 5. The molecule has 1 heterocycles. The van der Waals surface area contributed by atoms with E-state index in [2.05, 4.69) is 15.4 Å². The fourth-order valence-electron chi connectivity index (χ4n) is 2.30. The van der Waals surface area contributed by atoms with Crippen molar-refractivity contribution in [2.24, 2.45) is 5.92 Å². The lowest BCUT2D eigenvalue weighted by Crippen LogP contribution is -2.79. The van der Waals surface area contributed by atoms with Crippen LogP contribution in [0.15, 0.2) is 0 Å². The molecule has 0 aromatic heterocycles. The summed E-state index contributed by atoms with van der Waals surface area (Å²) in [6, 6.07) is 0. The molecule has 12 heteroatoms. The van der Waals surface area contributed by atoms with E-state index in [4.69, 9.17) is 0 Å². The third-order valence-corrected chi connectivity index (χ3v) is 5.84. The van der Waals surface area contributed by atoms with Crippen molar-refractivity contribution in [2.45, 2.75) is 60.8 Å². The van der Waals surface area contributed by atoms with Crippen LogP contribution in [0.5, 0.6) is 0 Å². The molecule has 0 spiro atoms. The molecule has 0 aromatic carbocycles. The van der Waals surface area contributed by atoms with Crippen LogP contribution in [0.3, 0.4) is 0 Å². The first-order valence-corrected chi connectivity index (χ1v) is 8.25. The maximum Gasteiger partial charge on any atom is 0.430 e. The molecule has 1 aliphatic rings. The highest BCUT2D eigenvalue weighted by Gasteiger charge is 2.76. The molecule has 0 bridgehead atoms. The Kier molecular flexibility index (Phi) is 6.06. The summed E-state index contributed by atoms with van der Waals surface area (Å²) in [6.45, 7) is 5.10. The average molecular weight is 492 g/mol. The summed E-state index contributed by atoms with van der Waals surface area (Å²) < 4.78 is 81.6. The second-order valence-electron chi connectivity index (χ2n) is 6.49. The first kappa shape index (κ1) is 22.7. The molecular formula is C13H19F6IN2O3. The zero-order valence-corrected chi connectivity index (χ0v) is 15.9. The molecule has 1 aliphatic heterocycles. The van der Waals surface area contributed by atoms with Crippen LogP contribution >= 0.6 is 22.6 Å².